The fraction of sp³-hybridized carbons (Fsp3) is 0.833. The quantitative estimate of drug-likeness (QED) is 0.310. The van der Waals surface area contributed by atoms with E-state index in [0.717, 1.165) is 38.5 Å². The maximum absolute atomic E-state index is 11.3. The van der Waals surface area contributed by atoms with Gasteiger partial charge in [-0.05, 0) is 12.8 Å². The highest BCUT2D eigenvalue weighted by Gasteiger charge is 2.06. The van der Waals surface area contributed by atoms with Crippen LogP contribution in [0.4, 0.5) is 0 Å². The number of carboxylic acid groups (broad SMARTS) is 1. The van der Waals surface area contributed by atoms with Crippen LogP contribution in [0.15, 0.2) is 0 Å². The summed E-state index contributed by atoms with van der Waals surface area (Å²) in [5, 5.41) is 8.52. The number of carbonyl (C=O) groups excluding carboxylic acids is 2. The lowest BCUT2D eigenvalue weighted by molar-refractivity contribution is -0.144. The maximum Gasteiger partial charge on any atom is 0.306 e. The van der Waals surface area contributed by atoms with E-state index in [4.69, 9.17) is 15.6 Å². The highest BCUT2D eigenvalue weighted by atomic mass is 16.5. The topological polar surface area (TPSA) is 107 Å². The van der Waals surface area contributed by atoms with Gasteiger partial charge in [0.25, 0.3) is 0 Å². The number of ether oxygens (including phenoxy) is 1. The zero-order valence-electron chi connectivity index (χ0n) is 14.8. The van der Waals surface area contributed by atoms with Gasteiger partial charge in [0, 0.05) is 12.8 Å². The van der Waals surface area contributed by atoms with Crippen LogP contribution in [0.3, 0.4) is 0 Å². The number of nitrogens with two attached hydrogens (primary N) is 1. The fourth-order valence-corrected chi connectivity index (χ4v) is 2.39. The summed E-state index contributed by atoms with van der Waals surface area (Å²) in [6.45, 7) is 0.412. The summed E-state index contributed by atoms with van der Waals surface area (Å²) < 4.78 is 5.06. The van der Waals surface area contributed by atoms with E-state index >= 15 is 0 Å². The number of aliphatic carboxylic acids is 1. The molecule has 0 saturated heterocycles. The molecule has 0 radical (unpaired) electrons. The lowest BCUT2D eigenvalue weighted by Gasteiger charge is -2.05. The zero-order valence-corrected chi connectivity index (χ0v) is 14.8. The van der Waals surface area contributed by atoms with Crippen LogP contribution < -0.4 is 5.73 Å². The Morgan fingerprint density at radius 2 is 1.21 bits per heavy atom. The standard InChI is InChI=1S/C18H33NO5/c19-15-16(20)12-13-18(23)24-14-10-8-6-4-2-1-3-5-7-9-11-17(21)22/h1-15,19H2,(H,21,22). The minimum absolute atomic E-state index is 0.0182. The molecular weight excluding hydrogens is 310 g/mol. The third kappa shape index (κ3) is 16.9. The number of carbonyl (C=O) groups is 3. The van der Waals surface area contributed by atoms with E-state index in [-0.39, 0.29) is 37.6 Å². The second-order valence-electron chi connectivity index (χ2n) is 6.14. The molecular formula is C18H33NO5. The van der Waals surface area contributed by atoms with Gasteiger partial charge in [-0.25, -0.2) is 0 Å². The molecule has 0 aliphatic heterocycles. The van der Waals surface area contributed by atoms with Crippen molar-refractivity contribution in [2.45, 2.75) is 83.5 Å². The highest BCUT2D eigenvalue weighted by molar-refractivity contribution is 5.84. The molecule has 0 aromatic carbocycles. The Morgan fingerprint density at radius 1 is 0.708 bits per heavy atom. The van der Waals surface area contributed by atoms with Crippen LogP contribution in [0.5, 0.6) is 0 Å². The van der Waals surface area contributed by atoms with Crippen molar-refractivity contribution in [3.63, 3.8) is 0 Å². The third-order valence-corrected chi connectivity index (χ3v) is 3.88. The smallest absolute Gasteiger partial charge is 0.306 e. The SMILES string of the molecule is NCC(=O)CCC(=O)OCCCCCCCCCCCCC(=O)O. The van der Waals surface area contributed by atoms with E-state index < -0.39 is 5.97 Å². The van der Waals surface area contributed by atoms with Crippen molar-refractivity contribution in [1.29, 1.82) is 0 Å². The van der Waals surface area contributed by atoms with Gasteiger partial charge < -0.3 is 15.6 Å². The summed E-state index contributed by atoms with van der Waals surface area (Å²) in [5.74, 6) is -1.14. The summed E-state index contributed by atoms with van der Waals surface area (Å²) in [5.41, 5.74) is 5.17. The van der Waals surface area contributed by atoms with Gasteiger partial charge in [-0.2, -0.15) is 0 Å². The Balaban J connectivity index is 3.18. The molecule has 0 aromatic rings. The van der Waals surface area contributed by atoms with Crippen LogP contribution in [0.1, 0.15) is 83.5 Å². The number of hydrogen-bond acceptors (Lipinski definition) is 5. The molecule has 3 N–H and O–H groups in total. The normalized spacial score (nSPS) is 10.5. The van der Waals surface area contributed by atoms with Crippen molar-refractivity contribution in [2.75, 3.05) is 13.2 Å². The maximum atomic E-state index is 11.3. The predicted molar refractivity (Wildman–Crippen MR) is 92.7 cm³/mol. The van der Waals surface area contributed by atoms with Crippen molar-refractivity contribution >= 4 is 17.7 Å². The van der Waals surface area contributed by atoms with Crippen molar-refractivity contribution in [1.82, 2.24) is 0 Å². The van der Waals surface area contributed by atoms with Crippen molar-refractivity contribution in [3.05, 3.63) is 0 Å². The van der Waals surface area contributed by atoms with Crippen LogP contribution in [0.25, 0.3) is 0 Å². The summed E-state index contributed by atoms with van der Waals surface area (Å²) in [4.78, 5) is 32.6. The minimum atomic E-state index is -0.704. The third-order valence-electron chi connectivity index (χ3n) is 3.88. The molecule has 0 heterocycles. The second-order valence-corrected chi connectivity index (χ2v) is 6.14. The molecule has 0 aliphatic carbocycles. The molecule has 140 valence electrons. The fourth-order valence-electron chi connectivity index (χ4n) is 2.39. The summed E-state index contributed by atoms with van der Waals surface area (Å²) in [6, 6.07) is 0. The van der Waals surface area contributed by atoms with Crippen molar-refractivity contribution in [3.8, 4) is 0 Å². The van der Waals surface area contributed by atoms with Gasteiger partial charge in [0.1, 0.15) is 5.78 Å². The first-order valence-corrected chi connectivity index (χ1v) is 9.15. The second kappa shape index (κ2) is 16.4. The van der Waals surface area contributed by atoms with E-state index in [0.29, 0.717) is 6.61 Å². The van der Waals surface area contributed by atoms with Gasteiger partial charge in [-0.1, -0.05) is 51.4 Å². The molecule has 0 rings (SSSR count). The Labute approximate surface area is 145 Å². The molecule has 6 heteroatoms. The molecule has 6 nitrogen and oxygen atoms in total. The molecule has 24 heavy (non-hydrogen) atoms. The molecule has 0 amide bonds. The zero-order chi connectivity index (χ0) is 18.0. The molecule has 0 atom stereocenters. The average Bonchev–Trinajstić information content (AvgIpc) is 2.56. The van der Waals surface area contributed by atoms with Crippen molar-refractivity contribution < 1.29 is 24.2 Å². The van der Waals surface area contributed by atoms with Gasteiger partial charge >= 0.3 is 11.9 Å². The molecule has 0 aliphatic rings. The van der Waals surface area contributed by atoms with Crippen LogP contribution >= 0.6 is 0 Å². The van der Waals surface area contributed by atoms with E-state index in [1.54, 1.807) is 0 Å². The largest absolute Gasteiger partial charge is 0.481 e. The van der Waals surface area contributed by atoms with Gasteiger partial charge in [-0.3, -0.25) is 14.4 Å². The number of unbranched alkanes of at least 4 members (excludes halogenated alkanes) is 9. The Bertz CT molecular complexity index is 357. The van der Waals surface area contributed by atoms with Gasteiger partial charge in [-0.15, -0.1) is 0 Å². The predicted octanol–water partition coefficient (Wildman–Crippen LogP) is 3.21. The van der Waals surface area contributed by atoms with Crippen LogP contribution in [0.2, 0.25) is 0 Å². The molecule has 0 fully saturated rings. The van der Waals surface area contributed by atoms with E-state index in [1.165, 1.54) is 25.7 Å². The Hall–Kier alpha value is -1.43. The first-order chi connectivity index (χ1) is 11.6. The van der Waals surface area contributed by atoms with E-state index in [2.05, 4.69) is 0 Å². The van der Waals surface area contributed by atoms with E-state index in [1.807, 2.05) is 0 Å². The molecule has 0 unspecified atom stereocenters. The first kappa shape index (κ1) is 22.6. The number of hydrogen-bond donors (Lipinski definition) is 2. The number of rotatable bonds is 17. The first-order valence-electron chi connectivity index (χ1n) is 9.15. The minimum Gasteiger partial charge on any atom is -0.481 e. The number of carboxylic acids is 1. The van der Waals surface area contributed by atoms with Gasteiger partial charge in [0.15, 0.2) is 0 Å². The monoisotopic (exact) mass is 343 g/mol. The lowest BCUT2D eigenvalue weighted by Crippen LogP contribution is -2.15. The molecule has 0 aromatic heterocycles. The average molecular weight is 343 g/mol. The lowest BCUT2D eigenvalue weighted by atomic mass is 10.1. The van der Waals surface area contributed by atoms with Gasteiger partial charge in [0.2, 0.25) is 0 Å². The number of esters is 1. The van der Waals surface area contributed by atoms with Crippen LogP contribution in [-0.4, -0.2) is 36.0 Å². The molecule has 0 bridgehead atoms. The Kier molecular flexibility index (Phi) is 15.4. The van der Waals surface area contributed by atoms with Crippen LogP contribution in [-0.2, 0) is 19.1 Å². The van der Waals surface area contributed by atoms with Crippen LogP contribution in [0, 0.1) is 0 Å². The molecule has 0 spiro atoms. The Morgan fingerprint density at radius 3 is 1.71 bits per heavy atom. The number of Topliss-reactive ketones (excluding diaryl/α,β-unsaturated/α-hetero) is 1. The summed E-state index contributed by atoms with van der Waals surface area (Å²) in [7, 11) is 0. The molecule has 0 saturated carbocycles. The summed E-state index contributed by atoms with van der Waals surface area (Å²) in [6.07, 6.45) is 11.3. The highest BCUT2D eigenvalue weighted by Crippen LogP contribution is 2.11. The van der Waals surface area contributed by atoms with Crippen molar-refractivity contribution in [2.24, 2.45) is 5.73 Å². The van der Waals surface area contributed by atoms with E-state index in [9.17, 15) is 14.4 Å². The number of ketones is 1. The summed E-state index contributed by atoms with van der Waals surface area (Å²) >= 11 is 0. The van der Waals surface area contributed by atoms with Gasteiger partial charge in [0.05, 0.1) is 19.6 Å².